The van der Waals surface area contributed by atoms with Gasteiger partial charge in [0.25, 0.3) is 0 Å². The van der Waals surface area contributed by atoms with Crippen LogP contribution in [0, 0.1) is 0 Å². The fraction of sp³-hybridized carbons (Fsp3) is 1.00. The molecule has 0 atom stereocenters. The second kappa shape index (κ2) is 3.73. The Morgan fingerprint density at radius 3 is 1.67 bits per heavy atom. The van der Waals surface area contributed by atoms with E-state index in [1.165, 1.54) is 0 Å². The summed E-state index contributed by atoms with van der Waals surface area (Å²) in [5, 5.41) is 0. The molecule has 0 radical (unpaired) electrons. The minimum Gasteiger partial charge on any atom is -0.449 e. The second-order valence-electron chi connectivity index (χ2n) is 1.92. The quantitative estimate of drug-likeness (QED) is 0.417. The molecule has 1 heterocycles. The molecule has 0 aromatic carbocycles. The van der Waals surface area contributed by atoms with Gasteiger partial charge in [-0.1, -0.05) is 0 Å². The SMILES string of the molecule is F[B-](F)(F)C1COC1.[K+]. The molecule has 0 bridgehead atoms. The van der Waals surface area contributed by atoms with Gasteiger partial charge in [-0.25, -0.2) is 0 Å². The van der Waals surface area contributed by atoms with Crippen molar-refractivity contribution in [2.24, 2.45) is 0 Å². The maximum absolute atomic E-state index is 11.5. The molecule has 6 heteroatoms. The summed E-state index contributed by atoms with van der Waals surface area (Å²) in [6, 6.07) is 0. The molecule has 1 aliphatic rings. The van der Waals surface area contributed by atoms with Gasteiger partial charge in [0.15, 0.2) is 0 Å². The van der Waals surface area contributed by atoms with Crippen LogP contribution in [0.1, 0.15) is 0 Å². The second-order valence-corrected chi connectivity index (χ2v) is 1.92. The molecule has 1 saturated heterocycles. The van der Waals surface area contributed by atoms with Crippen LogP contribution in [0.4, 0.5) is 12.9 Å². The first kappa shape index (κ1) is 10.5. The first-order valence-corrected chi connectivity index (χ1v) is 2.38. The minimum atomic E-state index is -4.60. The fourth-order valence-corrected chi connectivity index (χ4v) is 0.472. The number of hydrogen-bond acceptors (Lipinski definition) is 1. The largest absolute Gasteiger partial charge is 1.00 e. The zero-order chi connectivity index (χ0) is 6.20. The first-order valence-electron chi connectivity index (χ1n) is 2.38. The van der Waals surface area contributed by atoms with Crippen molar-refractivity contribution < 1.29 is 69.1 Å². The van der Waals surface area contributed by atoms with Crippen LogP contribution >= 0.6 is 0 Å². The van der Waals surface area contributed by atoms with Crippen LogP contribution in [0.5, 0.6) is 0 Å². The Labute approximate surface area is 93.8 Å². The van der Waals surface area contributed by atoms with Crippen LogP contribution < -0.4 is 51.4 Å². The molecule has 0 aromatic rings. The Balaban J connectivity index is 0.000000640. The van der Waals surface area contributed by atoms with Crippen molar-refractivity contribution in [2.75, 3.05) is 13.2 Å². The summed E-state index contributed by atoms with van der Waals surface area (Å²) in [4.78, 5) is 0. The topological polar surface area (TPSA) is 9.23 Å². The van der Waals surface area contributed by atoms with Crippen molar-refractivity contribution in [2.45, 2.75) is 5.82 Å². The molecule has 48 valence electrons. The van der Waals surface area contributed by atoms with Crippen molar-refractivity contribution >= 4 is 6.98 Å². The van der Waals surface area contributed by atoms with E-state index in [9.17, 15) is 12.9 Å². The van der Waals surface area contributed by atoms with Crippen LogP contribution in [0.15, 0.2) is 0 Å². The fourth-order valence-electron chi connectivity index (χ4n) is 0.472. The maximum Gasteiger partial charge on any atom is 1.00 e. The van der Waals surface area contributed by atoms with Gasteiger partial charge in [0.05, 0.1) is 0 Å². The summed E-state index contributed by atoms with van der Waals surface area (Å²) >= 11 is 0. The third kappa shape index (κ3) is 2.90. The van der Waals surface area contributed by atoms with Gasteiger partial charge in [-0.05, 0) is 5.82 Å². The van der Waals surface area contributed by atoms with Gasteiger partial charge in [0.1, 0.15) is 0 Å². The molecule has 1 rings (SSSR count). The average Bonchev–Trinajstić information content (AvgIpc) is 1.16. The Morgan fingerprint density at radius 1 is 1.22 bits per heavy atom. The molecule has 0 amide bonds. The minimum absolute atomic E-state index is 0. The third-order valence-corrected chi connectivity index (χ3v) is 1.20. The average molecular weight is 164 g/mol. The van der Waals surface area contributed by atoms with Gasteiger partial charge in [-0.15, -0.1) is 0 Å². The van der Waals surface area contributed by atoms with Crippen molar-refractivity contribution in [3.8, 4) is 0 Å². The Bertz CT molecular complexity index is 91.5. The Kier molecular flexibility index (Phi) is 4.33. The monoisotopic (exact) mass is 164 g/mol. The molecular formula is C3H5BF3KO. The van der Waals surface area contributed by atoms with E-state index >= 15 is 0 Å². The van der Waals surface area contributed by atoms with Crippen LogP contribution in [0.3, 0.4) is 0 Å². The summed E-state index contributed by atoms with van der Waals surface area (Å²) in [7, 11) is 0. The number of hydrogen-bond donors (Lipinski definition) is 0. The molecule has 0 aromatic heterocycles. The Hall–Kier alpha value is 1.45. The van der Waals surface area contributed by atoms with Gasteiger partial charge in [-0.3, -0.25) is 0 Å². The van der Waals surface area contributed by atoms with Gasteiger partial charge >= 0.3 is 58.4 Å². The van der Waals surface area contributed by atoms with E-state index in [-0.39, 0.29) is 64.6 Å². The van der Waals surface area contributed by atoms with E-state index in [2.05, 4.69) is 4.74 Å². The summed E-state index contributed by atoms with van der Waals surface area (Å²) in [6.07, 6.45) is 0. The molecule has 1 nitrogen and oxygen atoms in total. The van der Waals surface area contributed by atoms with E-state index < -0.39 is 12.8 Å². The molecule has 0 saturated carbocycles. The van der Waals surface area contributed by atoms with Crippen molar-refractivity contribution in [1.29, 1.82) is 0 Å². The molecule has 1 aliphatic heterocycles. The van der Waals surface area contributed by atoms with Crippen LogP contribution in [-0.2, 0) is 4.74 Å². The Morgan fingerprint density at radius 2 is 1.67 bits per heavy atom. The van der Waals surface area contributed by atoms with Crippen molar-refractivity contribution in [3.05, 3.63) is 0 Å². The van der Waals surface area contributed by atoms with Crippen LogP contribution in [-0.4, -0.2) is 20.2 Å². The predicted molar refractivity (Wildman–Crippen MR) is 23.6 cm³/mol. The van der Waals surface area contributed by atoms with E-state index in [1.807, 2.05) is 0 Å². The van der Waals surface area contributed by atoms with E-state index in [0.717, 1.165) is 0 Å². The van der Waals surface area contributed by atoms with Crippen molar-refractivity contribution in [1.82, 2.24) is 0 Å². The number of halogens is 3. The number of ether oxygens (including phenoxy) is 1. The molecule has 0 aliphatic carbocycles. The molecule has 0 spiro atoms. The third-order valence-electron chi connectivity index (χ3n) is 1.20. The van der Waals surface area contributed by atoms with Gasteiger partial charge in [0.2, 0.25) is 0 Å². The normalized spacial score (nSPS) is 20.3. The predicted octanol–water partition coefficient (Wildman–Crippen LogP) is -1.76. The number of rotatable bonds is 1. The summed E-state index contributed by atoms with van der Waals surface area (Å²) in [6.45, 7) is -4.84. The smallest absolute Gasteiger partial charge is 0.449 e. The van der Waals surface area contributed by atoms with Gasteiger partial charge in [-0.2, -0.15) is 0 Å². The standard InChI is InChI=1S/C3H5BF3O.K/c5-4(6,7)3-1-8-2-3;/h3H,1-2H2;/q-1;+1. The van der Waals surface area contributed by atoms with E-state index in [4.69, 9.17) is 0 Å². The molecule has 1 fully saturated rings. The van der Waals surface area contributed by atoms with Gasteiger partial charge in [0, 0.05) is 13.2 Å². The molecule has 9 heavy (non-hydrogen) atoms. The zero-order valence-corrected chi connectivity index (χ0v) is 8.23. The van der Waals surface area contributed by atoms with Crippen LogP contribution in [0.25, 0.3) is 0 Å². The molecule has 0 unspecified atom stereocenters. The summed E-state index contributed by atoms with van der Waals surface area (Å²) in [5.41, 5.74) is 0. The maximum atomic E-state index is 11.5. The molecular weight excluding hydrogens is 159 g/mol. The van der Waals surface area contributed by atoms with E-state index in [0.29, 0.717) is 0 Å². The summed E-state index contributed by atoms with van der Waals surface area (Å²) in [5.74, 6) is -1.13. The summed E-state index contributed by atoms with van der Waals surface area (Å²) < 4.78 is 38.8. The molecule has 0 N–H and O–H groups in total. The van der Waals surface area contributed by atoms with Crippen molar-refractivity contribution in [3.63, 3.8) is 0 Å². The van der Waals surface area contributed by atoms with E-state index in [1.54, 1.807) is 0 Å². The van der Waals surface area contributed by atoms with Gasteiger partial charge < -0.3 is 17.7 Å². The van der Waals surface area contributed by atoms with Crippen LogP contribution in [0.2, 0.25) is 5.82 Å². The first-order chi connectivity index (χ1) is 3.61. The zero-order valence-electron chi connectivity index (χ0n) is 5.11.